The third-order valence-corrected chi connectivity index (χ3v) is 6.17. The number of phenolic OH excluding ortho intramolecular Hbond substituents is 1. The van der Waals surface area contributed by atoms with E-state index in [1.807, 2.05) is 35.0 Å². The van der Waals surface area contributed by atoms with E-state index in [2.05, 4.69) is 5.10 Å². The van der Waals surface area contributed by atoms with E-state index in [0.29, 0.717) is 6.42 Å². The molecule has 1 N–H and O–H groups in total. The van der Waals surface area contributed by atoms with Gasteiger partial charge < -0.3 is 9.84 Å². The maximum atomic E-state index is 12.8. The smallest absolute Gasteiger partial charge is 0.338 e. The second kappa shape index (κ2) is 7.95. The Kier molecular flexibility index (Phi) is 5.23. The van der Waals surface area contributed by atoms with Gasteiger partial charge in [-0.1, -0.05) is 12.1 Å². The Balaban J connectivity index is 1.48. The van der Waals surface area contributed by atoms with Crippen molar-refractivity contribution >= 4 is 40.3 Å². The van der Waals surface area contributed by atoms with Crippen LogP contribution in [0.4, 0.5) is 0 Å². The van der Waals surface area contributed by atoms with Gasteiger partial charge in [0.2, 0.25) is 0 Å². The molecular formula is C20H16N2O4S2. The monoisotopic (exact) mass is 412 g/mol. The van der Waals surface area contributed by atoms with E-state index in [9.17, 15) is 14.7 Å². The molecule has 0 fully saturated rings. The number of aromatic hydroxyl groups is 1. The van der Waals surface area contributed by atoms with Crippen LogP contribution in [0.25, 0.3) is 0 Å². The minimum atomic E-state index is -0.623. The molecule has 28 heavy (non-hydrogen) atoms. The van der Waals surface area contributed by atoms with Crippen LogP contribution in [0.5, 0.6) is 5.75 Å². The quantitative estimate of drug-likeness (QED) is 0.641. The summed E-state index contributed by atoms with van der Waals surface area (Å²) in [7, 11) is 0. The fraction of sp³-hybridized carbons (Fsp3) is 0.150. The molecule has 0 unspecified atom stereocenters. The zero-order valence-corrected chi connectivity index (χ0v) is 16.3. The normalized spacial score (nSPS) is 16.1. The van der Waals surface area contributed by atoms with Crippen molar-refractivity contribution in [3.8, 4) is 5.75 Å². The second-order valence-electron chi connectivity index (χ2n) is 6.12. The highest BCUT2D eigenvalue weighted by Crippen LogP contribution is 2.35. The number of amides is 1. The number of hydrogen-bond acceptors (Lipinski definition) is 7. The lowest BCUT2D eigenvalue weighted by Gasteiger charge is -2.20. The Morgan fingerprint density at radius 1 is 1.11 bits per heavy atom. The third-order valence-electron chi connectivity index (χ3n) is 4.27. The number of carbonyl (C=O) groups excluding carboxylic acids is 2. The lowest BCUT2D eigenvalue weighted by atomic mass is 10.1. The summed E-state index contributed by atoms with van der Waals surface area (Å²) < 4.78 is 5.16. The molecule has 4 rings (SSSR count). The third kappa shape index (κ3) is 3.83. The van der Waals surface area contributed by atoms with Crippen molar-refractivity contribution in [3.63, 3.8) is 0 Å². The fourth-order valence-electron chi connectivity index (χ4n) is 2.91. The summed E-state index contributed by atoms with van der Waals surface area (Å²) in [6, 6.07) is 13.3. The molecule has 3 aromatic rings. The van der Waals surface area contributed by atoms with E-state index in [-0.39, 0.29) is 23.3 Å². The number of ether oxygens (including phenoxy) is 1. The zero-order chi connectivity index (χ0) is 19.5. The van der Waals surface area contributed by atoms with Crippen LogP contribution in [0.15, 0.2) is 64.4 Å². The van der Waals surface area contributed by atoms with Crippen molar-refractivity contribution < 1.29 is 19.4 Å². The van der Waals surface area contributed by atoms with E-state index >= 15 is 0 Å². The van der Waals surface area contributed by atoms with Gasteiger partial charge in [-0.2, -0.15) is 5.10 Å². The molecule has 8 heteroatoms. The molecule has 1 atom stereocenters. The van der Waals surface area contributed by atoms with Crippen molar-refractivity contribution in [2.24, 2.45) is 5.10 Å². The van der Waals surface area contributed by atoms with Gasteiger partial charge in [-0.05, 0) is 47.2 Å². The van der Waals surface area contributed by atoms with Gasteiger partial charge in [0.25, 0.3) is 5.91 Å². The molecule has 0 saturated heterocycles. The number of rotatable bonds is 5. The van der Waals surface area contributed by atoms with Crippen molar-refractivity contribution in [1.82, 2.24) is 5.01 Å². The first-order chi connectivity index (χ1) is 13.6. The van der Waals surface area contributed by atoms with Crippen LogP contribution in [-0.4, -0.2) is 34.3 Å². The first-order valence-electron chi connectivity index (χ1n) is 8.55. The average molecular weight is 412 g/mol. The molecule has 0 spiro atoms. The van der Waals surface area contributed by atoms with Gasteiger partial charge in [0.1, 0.15) is 5.75 Å². The Bertz CT molecular complexity index is 996. The highest BCUT2D eigenvalue weighted by atomic mass is 32.1. The highest BCUT2D eigenvalue weighted by molar-refractivity contribution is 7.12. The number of benzene rings is 1. The van der Waals surface area contributed by atoms with Gasteiger partial charge in [-0.3, -0.25) is 4.79 Å². The van der Waals surface area contributed by atoms with Gasteiger partial charge in [-0.25, -0.2) is 9.80 Å². The topological polar surface area (TPSA) is 79.2 Å². The lowest BCUT2D eigenvalue weighted by molar-refractivity contribution is -0.136. The summed E-state index contributed by atoms with van der Waals surface area (Å²) in [4.78, 5) is 27.0. The van der Waals surface area contributed by atoms with E-state index < -0.39 is 12.6 Å². The van der Waals surface area contributed by atoms with Crippen molar-refractivity contribution in [1.29, 1.82) is 0 Å². The number of phenols is 1. The van der Waals surface area contributed by atoms with Crippen LogP contribution in [0, 0.1) is 0 Å². The predicted molar refractivity (Wildman–Crippen MR) is 108 cm³/mol. The molecule has 6 nitrogen and oxygen atoms in total. The highest BCUT2D eigenvalue weighted by Gasteiger charge is 2.34. The maximum absolute atomic E-state index is 12.8. The van der Waals surface area contributed by atoms with Crippen LogP contribution < -0.4 is 0 Å². The SMILES string of the molecule is O=C(OCC(=O)N1N=C(c2cccs2)C[C@H]1c1cccs1)c1ccc(O)cc1. The molecule has 0 aliphatic carbocycles. The van der Waals surface area contributed by atoms with Crippen molar-refractivity contribution in [2.45, 2.75) is 12.5 Å². The van der Waals surface area contributed by atoms with E-state index in [1.165, 1.54) is 29.3 Å². The fourth-order valence-corrected chi connectivity index (χ4v) is 4.44. The zero-order valence-electron chi connectivity index (χ0n) is 14.6. The molecule has 1 aromatic carbocycles. The number of hydrogen-bond donors (Lipinski definition) is 1. The lowest BCUT2D eigenvalue weighted by Crippen LogP contribution is -2.31. The summed E-state index contributed by atoms with van der Waals surface area (Å²) in [5.74, 6) is -0.946. The summed E-state index contributed by atoms with van der Waals surface area (Å²) in [5, 5.41) is 19.2. The van der Waals surface area contributed by atoms with E-state index in [1.54, 1.807) is 22.7 Å². The molecule has 142 valence electrons. The molecule has 2 aromatic heterocycles. The van der Waals surface area contributed by atoms with Crippen LogP contribution in [0.3, 0.4) is 0 Å². The Labute approximate surface area is 169 Å². The molecular weight excluding hydrogens is 396 g/mol. The predicted octanol–water partition coefficient (Wildman–Crippen LogP) is 4.05. The Morgan fingerprint density at radius 3 is 2.54 bits per heavy atom. The summed E-state index contributed by atoms with van der Waals surface area (Å²) in [5.41, 5.74) is 1.12. The first-order valence-corrected chi connectivity index (χ1v) is 10.3. The number of nitrogens with zero attached hydrogens (tertiary/aromatic N) is 2. The Hall–Kier alpha value is -2.97. The summed E-state index contributed by atoms with van der Waals surface area (Å²) in [6.07, 6.45) is 0.624. The summed E-state index contributed by atoms with van der Waals surface area (Å²) in [6.45, 7) is -0.400. The molecule has 0 saturated carbocycles. The van der Waals surface area contributed by atoms with Crippen LogP contribution in [0.1, 0.15) is 32.6 Å². The van der Waals surface area contributed by atoms with Gasteiger partial charge in [0.05, 0.1) is 22.2 Å². The number of hydrazone groups is 1. The van der Waals surface area contributed by atoms with Gasteiger partial charge in [0, 0.05) is 11.3 Å². The van der Waals surface area contributed by atoms with Crippen LogP contribution >= 0.6 is 22.7 Å². The molecule has 1 aliphatic rings. The molecule has 0 radical (unpaired) electrons. The molecule has 3 heterocycles. The first kappa shape index (κ1) is 18.4. The molecule has 0 bridgehead atoms. The van der Waals surface area contributed by atoms with Gasteiger partial charge in [0.15, 0.2) is 6.61 Å². The number of thiophene rings is 2. The van der Waals surface area contributed by atoms with Crippen molar-refractivity contribution in [3.05, 3.63) is 74.6 Å². The largest absolute Gasteiger partial charge is 0.508 e. The van der Waals surface area contributed by atoms with Gasteiger partial charge >= 0.3 is 5.97 Å². The molecule has 1 amide bonds. The minimum Gasteiger partial charge on any atom is -0.508 e. The molecule has 1 aliphatic heterocycles. The van der Waals surface area contributed by atoms with Crippen molar-refractivity contribution in [2.75, 3.05) is 6.61 Å². The maximum Gasteiger partial charge on any atom is 0.338 e. The van der Waals surface area contributed by atoms with Crippen LogP contribution in [0.2, 0.25) is 0 Å². The van der Waals surface area contributed by atoms with E-state index in [0.717, 1.165) is 15.5 Å². The summed E-state index contributed by atoms with van der Waals surface area (Å²) >= 11 is 3.15. The van der Waals surface area contributed by atoms with Crippen LogP contribution in [-0.2, 0) is 9.53 Å². The van der Waals surface area contributed by atoms with E-state index in [4.69, 9.17) is 4.74 Å². The standard InChI is InChI=1S/C20H16N2O4S2/c23-14-7-5-13(6-8-14)20(25)26-12-19(24)22-16(18-4-2-10-28-18)11-15(21-22)17-3-1-9-27-17/h1-10,16,23H,11-12H2/t16-/m0/s1. The number of carbonyl (C=O) groups is 2. The Morgan fingerprint density at radius 2 is 1.86 bits per heavy atom. The van der Waals surface area contributed by atoms with Gasteiger partial charge in [-0.15, -0.1) is 22.7 Å². The minimum absolute atomic E-state index is 0.0546. The average Bonchev–Trinajstić information content (AvgIpc) is 3.46. The number of esters is 1. The second-order valence-corrected chi connectivity index (χ2v) is 8.05.